The van der Waals surface area contributed by atoms with Gasteiger partial charge < -0.3 is 5.11 Å². The van der Waals surface area contributed by atoms with Gasteiger partial charge in [0.05, 0.1) is 10.7 Å². The molecule has 94 valence electrons. The molecule has 0 amide bonds. The van der Waals surface area contributed by atoms with E-state index in [0.29, 0.717) is 6.42 Å². The molecule has 2 rings (SSSR count). The molecule has 0 aliphatic rings. The van der Waals surface area contributed by atoms with Crippen LogP contribution in [0.1, 0.15) is 24.3 Å². The zero-order valence-corrected chi connectivity index (χ0v) is 10.7. The summed E-state index contributed by atoms with van der Waals surface area (Å²) in [5, 5.41) is 11.6. The van der Waals surface area contributed by atoms with Crippen LogP contribution in [0, 0.1) is 0 Å². The minimum Gasteiger partial charge on any atom is -0.481 e. The van der Waals surface area contributed by atoms with Crippen LogP contribution in [0.2, 0.25) is 0 Å². The molecular weight excluding hydrogens is 248 g/mol. The van der Waals surface area contributed by atoms with Crippen molar-refractivity contribution in [2.45, 2.75) is 25.7 Å². The summed E-state index contributed by atoms with van der Waals surface area (Å²) < 4.78 is 0. The standard InChI is InChI=1S/C13H14N2O2S/c16-13(17)6-2-1-5-12-15-11(9-18-12)10-4-3-7-14-8-10/h3-4,7-9H,1-2,5-6H2,(H,16,17). The minimum absolute atomic E-state index is 0.237. The SMILES string of the molecule is O=C(O)CCCCc1nc(-c2cccnc2)cs1. The van der Waals surface area contributed by atoms with E-state index in [2.05, 4.69) is 9.97 Å². The number of aromatic nitrogens is 2. The van der Waals surface area contributed by atoms with Gasteiger partial charge >= 0.3 is 5.97 Å². The molecule has 0 saturated heterocycles. The fourth-order valence-electron chi connectivity index (χ4n) is 1.63. The molecule has 5 heteroatoms. The molecule has 2 aromatic rings. The van der Waals surface area contributed by atoms with Crippen LogP contribution in [0.15, 0.2) is 29.9 Å². The first-order chi connectivity index (χ1) is 8.75. The van der Waals surface area contributed by atoms with Crippen LogP contribution in [0.25, 0.3) is 11.3 Å². The number of rotatable bonds is 6. The van der Waals surface area contributed by atoms with Crippen LogP contribution < -0.4 is 0 Å². The van der Waals surface area contributed by atoms with Crippen molar-refractivity contribution in [3.63, 3.8) is 0 Å². The van der Waals surface area contributed by atoms with Crippen LogP contribution >= 0.6 is 11.3 Å². The van der Waals surface area contributed by atoms with E-state index in [1.54, 1.807) is 23.7 Å². The van der Waals surface area contributed by atoms with Crippen molar-refractivity contribution < 1.29 is 9.90 Å². The second-order valence-corrected chi connectivity index (χ2v) is 4.91. The molecular formula is C13H14N2O2S. The summed E-state index contributed by atoms with van der Waals surface area (Å²) in [5.41, 5.74) is 1.96. The largest absolute Gasteiger partial charge is 0.481 e. The molecule has 0 unspecified atom stereocenters. The van der Waals surface area contributed by atoms with E-state index in [0.717, 1.165) is 29.1 Å². The van der Waals surface area contributed by atoms with E-state index < -0.39 is 5.97 Å². The normalized spacial score (nSPS) is 10.4. The highest BCUT2D eigenvalue weighted by Crippen LogP contribution is 2.21. The van der Waals surface area contributed by atoms with Gasteiger partial charge in [-0.05, 0) is 31.4 Å². The maximum Gasteiger partial charge on any atom is 0.303 e. The molecule has 2 aromatic heterocycles. The highest BCUT2D eigenvalue weighted by atomic mass is 32.1. The summed E-state index contributed by atoms with van der Waals surface area (Å²) in [6.07, 6.45) is 6.19. The van der Waals surface area contributed by atoms with E-state index in [4.69, 9.17) is 5.11 Å². The number of hydrogen-bond acceptors (Lipinski definition) is 4. The number of carboxylic acid groups (broad SMARTS) is 1. The smallest absolute Gasteiger partial charge is 0.303 e. The highest BCUT2D eigenvalue weighted by molar-refractivity contribution is 7.09. The average Bonchev–Trinajstić information content (AvgIpc) is 2.84. The second-order valence-electron chi connectivity index (χ2n) is 3.97. The summed E-state index contributed by atoms with van der Waals surface area (Å²) in [5.74, 6) is -0.731. The third-order valence-corrected chi connectivity index (χ3v) is 3.45. The number of nitrogens with zero attached hydrogens (tertiary/aromatic N) is 2. The highest BCUT2D eigenvalue weighted by Gasteiger charge is 2.05. The van der Waals surface area contributed by atoms with Gasteiger partial charge in [0.1, 0.15) is 0 Å². The van der Waals surface area contributed by atoms with Crippen molar-refractivity contribution >= 4 is 17.3 Å². The van der Waals surface area contributed by atoms with Crippen molar-refractivity contribution in [1.29, 1.82) is 0 Å². The summed E-state index contributed by atoms with van der Waals surface area (Å²) >= 11 is 1.62. The van der Waals surface area contributed by atoms with E-state index in [1.165, 1.54) is 0 Å². The molecule has 0 saturated carbocycles. The maximum atomic E-state index is 10.4. The van der Waals surface area contributed by atoms with Crippen LogP contribution in [-0.2, 0) is 11.2 Å². The Labute approximate surface area is 109 Å². The van der Waals surface area contributed by atoms with E-state index in [-0.39, 0.29) is 6.42 Å². The fourth-order valence-corrected chi connectivity index (χ4v) is 2.47. The predicted molar refractivity (Wildman–Crippen MR) is 70.5 cm³/mol. The number of carbonyl (C=O) groups is 1. The number of thiazole rings is 1. The Kier molecular flexibility index (Phi) is 4.41. The second kappa shape index (κ2) is 6.26. The van der Waals surface area contributed by atoms with Gasteiger partial charge in [0.2, 0.25) is 0 Å². The van der Waals surface area contributed by atoms with Crippen molar-refractivity contribution in [3.05, 3.63) is 34.9 Å². The van der Waals surface area contributed by atoms with Crippen molar-refractivity contribution in [1.82, 2.24) is 9.97 Å². The van der Waals surface area contributed by atoms with E-state index >= 15 is 0 Å². The number of carboxylic acids is 1. The molecule has 2 heterocycles. The Bertz CT molecular complexity index is 511. The van der Waals surface area contributed by atoms with Crippen molar-refractivity contribution in [2.24, 2.45) is 0 Å². The lowest BCUT2D eigenvalue weighted by atomic mass is 10.2. The fraction of sp³-hybridized carbons (Fsp3) is 0.308. The summed E-state index contributed by atoms with van der Waals surface area (Å²) in [4.78, 5) is 19.0. The van der Waals surface area contributed by atoms with Crippen molar-refractivity contribution in [3.8, 4) is 11.3 Å². The Morgan fingerprint density at radius 1 is 1.39 bits per heavy atom. The van der Waals surface area contributed by atoms with Gasteiger partial charge in [0, 0.05) is 29.8 Å². The summed E-state index contributed by atoms with van der Waals surface area (Å²) in [6.45, 7) is 0. The van der Waals surface area contributed by atoms with Crippen molar-refractivity contribution in [2.75, 3.05) is 0 Å². The molecule has 0 atom stereocenters. The minimum atomic E-state index is -0.731. The summed E-state index contributed by atoms with van der Waals surface area (Å²) in [6, 6.07) is 3.87. The zero-order chi connectivity index (χ0) is 12.8. The van der Waals surface area contributed by atoms with E-state index in [1.807, 2.05) is 17.5 Å². The molecule has 0 aromatic carbocycles. The molecule has 0 fully saturated rings. The van der Waals surface area contributed by atoms with Crippen LogP contribution in [0.4, 0.5) is 0 Å². The average molecular weight is 262 g/mol. The van der Waals surface area contributed by atoms with Crippen LogP contribution in [-0.4, -0.2) is 21.0 Å². The lowest BCUT2D eigenvalue weighted by molar-refractivity contribution is -0.137. The Morgan fingerprint density at radius 2 is 2.28 bits per heavy atom. The number of pyridine rings is 1. The van der Waals surface area contributed by atoms with Crippen LogP contribution in [0.5, 0.6) is 0 Å². The lowest BCUT2D eigenvalue weighted by Gasteiger charge is -1.96. The van der Waals surface area contributed by atoms with E-state index in [9.17, 15) is 4.79 Å². The number of aryl methyl sites for hydroxylation is 1. The van der Waals surface area contributed by atoms with Gasteiger partial charge in [-0.1, -0.05) is 0 Å². The third-order valence-electron chi connectivity index (χ3n) is 2.54. The predicted octanol–water partition coefficient (Wildman–Crippen LogP) is 3.00. The molecule has 0 bridgehead atoms. The zero-order valence-electron chi connectivity index (χ0n) is 9.87. The van der Waals surface area contributed by atoms with Crippen LogP contribution in [0.3, 0.4) is 0 Å². The Hall–Kier alpha value is -1.75. The lowest BCUT2D eigenvalue weighted by Crippen LogP contribution is -1.94. The number of hydrogen-bond donors (Lipinski definition) is 1. The van der Waals surface area contributed by atoms with Gasteiger partial charge in [0.25, 0.3) is 0 Å². The Balaban J connectivity index is 1.89. The Morgan fingerprint density at radius 3 is 3.00 bits per heavy atom. The topological polar surface area (TPSA) is 63.1 Å². The molecule has 0 spiro atoms. The molecule has 0 aliphatic carbocycles. The first-order valence-electron chi connectivity index (χ1n) is 5.82. The number of unbranched alkanes of at least 4 members (excludes halogenated alkanes) is 1. The van der Waals surface area contributed by atoms with Gasteiger partial charge in [-0.2, -0.15) is 0 Å². The summed E-state index contributed by atoms with van der Waals surface area (Å²) in [7, 11) is 0. The van der Waals surface area contributed by atoms with Gasteiger partial charge in [-0.15, -0.1) is 11.3 Å². The number of aliphatic carboxylic acids is 1. The molecule has 18 heavy (non-hydrogen) atoms. The maximum absolute atomic E-state index is 10.4. The van der Waals surface area contributed by atoms with Gasteiger partial charge in [-0.25, -0.2) is 4.98 Å². The van der Waals surface area contributed by atoms with Gasteiger partial charge in [0.15, 0.2) is 0 Å². The molecule has 0 radical (unpaired) electrons. The quantitative estimate of drug-likeness (QED) is 0.813. The molecule has 4 nitrogen and oxygen atoms in total. The monoisotopic (exact) mass is 262 g/mol. The van der Waals surface area contributed by atoms with Gasteiger partial charge in [-0.3, -0.25) is 9.78 Å². The first-order valence-corrected chi connectivity index (χ1v) is 6.70. The molecule has 0 aliphatic heterocycles. The third kappa shape index (κ3) is 3.63. The first kappa shape index (κ1) is 12.7. The molecule has 1 N–H and O–H groups in total.